The Kier molecular flexibility index (Phi) is 6.68. The lowest BCUT2D eigenvalue weighted by atomic mass is 9.66. The number of carboxylic acid groups (broad SMARTS) is 1. The number of fused-ring (bicyclic) bond motifs is 3. The third-order valence-corrected chi connectivity index (χ3v) is 6.77. The molecule has 0 spiro atoms. The van der Waals surface area contributed by atoms with E-state index in [0.717, 1.165) is 5.57 Å². The number of carbonyl (C=O) groups is 1. The molecular formula is C24H32O5. The van der Waals surface area contributed by atoms with Gasteiger partial charge in [0.1, 0.15) is 0 Å². The van der Waals surface area contributed by atoms with Crippen LogP contribution in [-0.2, 0) is 9.53 Å². The van der Waals surface area contributed by atoms with Crippen LogP contribution in [0.4, 0.5) is 0 Å². The van der Waals surface area contributed by atoms with Gasteiger partial charge in [-0.15, -0.1) is 11.8 Å². The maximum absolute atomic E-state index is 11.0. The predicted octanol–water partition coefficient (Wildman–Crippen LogP) is 3.08. The highest BCUT2D eigenvalue weighted by atomic mass is 16.5. The van der Waals surface area contributed by atoms with Crippen molar-refractivity contribution in [2.45, 2.75) is 70.9 Å². The lowest BCUT2D eigenvalue weighted by Crippen LogP contribution is -2.38. The fraction of sp³-hybridized carbons (Fsp3) is 0.625. The minimum Gasteiger partial charge on any atom is -0.481 e. The maximum atomic E-state index is 11.0. The second-order valence-corrected chi connectivity index (χ2v) is 8.80. The molecule has 3 aliphatic rings. The van der Waals surface area contributed by atoms with E-state index in [1.165, 1.54) is 0 Å². The summed E-state index contributed by atoms with van der Waals surface area (Å²) in [4.78, 5) is 11.0. The van der Waals surface area contributed by atoms with Crippen molar-refractivity contribution in [1.29, 1.82) is 0 Å². The van der Waals surface area contributed by atoms with E-state index < -0.39 is 18.2 Å². The fourth-order valence-electron chi connectivity index (χ4n) is 5.16. The van der Waals surface area contributed by atoms with Gasteiger partial charge in [0.05, 0.1) is 24.4 Å². The monoisotopic (exact) mass is 400 g/mol. The molecule has 0 aromatic heterocycles. The number of aliphatic carboxylic acids is 1. The van der Waals surface area contributed by atoms with E-state index in [2.05, 4.69) is 24.8 Å². The second-order valence-electron chi connectivity index (χ2n) is 8.80. The van der Waals surface area contributed by atoms with Crippen LogP contribution < -0.4 is 0 Å². The standard InChI is InChI=1S/C24H32O5/c1-4-5-7-15(2)18(25)11-10-17-19(26)14-20-22(17)24(3)13-6-8-16(23(24)29-20)9-12-21(27)28/h6,8,10-11,13,15,17-20,22-23,25-26H,7,9,12,14H2,1-3H3,(H,27,28). The molecule has 0 radical (unpaired) electrons. The van der Waals surface area contributed by atoms with Crippen LogP contribution >= 0.6 is 0 Å². The van der Waals surface area contributed by atoms with E-state index in [0.29, 0.717) is 19.3 Å². The number of allylic oxidation sites excluding steroid dienone is 2. The predicted molar refractivity (Wildman–Crippen MR) is 111 cm³/mol. The van der Waals surface area contributed by atoms with E-state index in [1.54, 1.807) is 13.0 Å². The van der Waals surface area contributed by atoms with Crippen molar-refractivity contribution >= 4 is 5.97 Å². The van der Waals surface area contributed by atoms with E-state index >= 15 is 0 Å². The van der Waals surface area contributed by atoms with Crippen LogP contribution in [0.1, 0.15) is 46.5 Å². The number of carboxylic acids is 1. The molecule has 0 amide bonds. The maximum Gasteiger partial charge on any atom is 0.303 e. The molecule has 3 rings (SSSR count). The first-order valence-electron chi connectivity index (χ1n) is 10.5. The Labute approximate surface area is 173 Å². The van der Waals surface area contributed by atoms with E-state index in [9.17, 15) is 15.0 Å². The van der Waals surface area contributed by atoms with Crippen LogP contribution in [0, 0.1) is 35.0 Å². The Hall–Kier alpha value is -1.87. The Morgan fingerprint density at radius 1 is 1.48 bits per heavy atom. The first kappa shape index (κ1) is 21.8. The van der Waals surface area contributed by atoms with Crippen molar-refractivity contribution in [3.05, 3.63) is 36.0 Å². The molecule has 2 aliphatic carbocycles. The topological polar surface area (TPSA) is 87.0 Å². The molecule has 158 valence electrons. The van der Waals surface area contributed by atoms with Gasteiger partial charge in [0.2, 0.25) is 0 Å². The Balaban J connectivity index is 1.76. The van der Waals surface area contributed by atoms with Crippen molar-refractivity contribution in [2.75, 3.05) is 0 Å². The summed E-state index contributed by atoms with van der Waals surface area (Å²) in [6.45, 7) is 5.89. The van der Waals surface area contributed by atoms with Crippen molar-refractivity contribution < 1.29 is 24.9 Å². The van der Waals surface area contributed by atoms with Gasteiger partial charge in [-0.2, -0.15) is 0 Å². The summed E-state index contributed by atoms with van der Waals surface area (Å²) < 4.78 is 6.36. The zero-order chi connectivity index (χ0) is 21.2. The molecule has 0 aromatic carbocycles. The van der Waals surface area contributed by atoms with Crippen LogP contribution in [-0.4, -0.2) is 45.7 Å². The molecule has 5 nitrogen and oxygen atoms in total. The molecule has 2 fully saturated rings. The number of rotatable bonds is 7. The van der Waals surface area contributed by atoms with Crippen LogP contribution in [0.2, 0.25) is 0 Å². The molecule has 8 unspecified atom stereocenters. The Morgan fingerprint density at radius 3 is 2.93 bits per heavy atom. The fourth-order valence-corrected chi connectivity index (χ4v) is 5.16. The average molecular weight is 401 g/mol. The van der Waals surface area contributed by atoms with E-state index in [1.807, 2.05) is 25.2 Å². The van der Waals surface area contributed by atoms with Gasteiger partial charge in [-0.3, -0.25) is 4.79 Å². The van der Waals surface area contributed by atoms with Gasteiger partial charge in [0.25, 0.3) is 0 Å². The average Bonchev–Trinajstić information content (AvgIpc) is 3.14. The SMILES string of the molecule is CC#CCC(C)C(O)C=CC1C(O)CC2OC3C(CCC(=O)O)=CC=CC3(C)C21. The molecule has 0 aromatic rings. The lowest BCUT2D eigenvalue weighted by Gasteiger charge is -2.38. The molecule has 5 heteroatoms. The number of ether oxygens (including phenoxy) is 1. The summed E-state index contributed by atoms with van der Waals surface area (Å²) in [6.07, 6.45) is 10.2. The smallest absolute Gasteiger partial charge is 0.303 e. The third kappa shape index (κ3) is 4.35. The van der Waals surface area contributed by atoms with Crippen LogP contribution in [0.15, 0.2) is 36.0 Å². The van der Waals surface area contributed by atoms with Crippen LogP contribution in [0.25, 0.3) is 0 Å². The molecule has 3 N–H and O–H groups in total. The Morgan fingerprint density at radius 2 is 2.24 bits per heavy atom. The van der Waals surface area contributed by atoms with Gasteiger partial charge in [0, 0.05) is 36.5 Å². The summed E-state index contributed by atoms with van der Waals surface area (Å²) in [7, 11) is 0. The molecular weight excluding hydrogens is 368 g/mol. The number of hydrogen-bond acceptors (Lipinski definition) is 4. The van der Waals surface area contributed by atoms with Crippen molar-refractivity contribution in [3.63, 3.8) is 0 Å². The van der Waals surface area contributed by atoms with Gasteiger partial charge in [-0.25, -0.2) is 0 Å². The highest BCUT2D eigenvalue weighted by Crippen LogP contribution is 2.58. The number of hydrogen-bond donors (Lipinski definition) is 3. The zero-order valence-electron chi connectivity index (χ0n) is 17.4. The van der Waals surface area contributed by atoms with Crippen molar-refractivity contribution in [3.8, 4) is 11.8 Å². The first-order chi connectivity index (χ1) is 13.8. The van der Waals surface area contributed by atoms with Crippen molar-refractivity contribution in [2.24, 2.45) is 23.2 Å². The Bertz CT molecular complexity index is 770. The molecule has 0 bridgehead atoms. The van der Waals surface area contributed by atoms with Gasteiger partial charge in [0.15, 0.2) is 0 Å². The normalized spacial score (nSPS) is 37.4. The molecule has 1 aliphatic heterocycles. The van der Waals surface area contributed by atoms with Crippen LogP contribution in [0.5, 0.6) is 0 Å². The first-order valence-corrected chi connectivity index (χ1v) is 10.5. The lowest BCUT2D eigenvalue weighted by molar-refractivity contribution is -0.137. The van der Waals surface area contributed by atoms with Gasteiger partial charge in [-0.1, -0.05) is 44.2 Å². The molecule has 29 heavy (non-hydrogen) atoms. The van der Waals surface area contributed by atoms with E-state index in [-0.39, 0.29) is 41.8 Å². The quantitative estimate of drug-likeness (QED) is 0.452. The molecule has 1 saturated carbocycles. The third-order valence-electron chi connectivity index (χ3n) is 6.77. The van der Waals surface area contributed by atoms with Crippen molar-refractivity contribution in [1.82, 2.24) is 0 Å². The highest BCUT2D eigenvalue weighted by molar-refractivity contribution is 5.67. The summed E-state index contributed by atoms with van der Waals surface area (Å²) >= 11 is 0. The second kappa shape index (κ2) is 8.87. The van der Waals surface area contributed by atoms with Crippen LogP contribution in [0.3, 0.4) is 0 Å². The molecule has 1 heterocycles. The van der Waals surface area contributed by atoms with Gasteiger partial charge >= 0.3 is 5.97 Å². The van der Waals surface area contributed by atoms with Gasteiger partial charge in [-0.05, 0) is 24.8 Å². The van der Waals surface area contributed by atoms with E-state index in [4.69, 9.17) is 9.84 Å². The highest BCUT2D eigenvalue weighted by Gasteiger charge is 2.60. The minimum atomic E-state index is -0.813. The summed E-state index contributed by atoms with van der Waals surface area (Å²) in [5.41, 5.74) is 0.708. The summed E-state index contributed by atoms with van der Waals surface area (Å²) in [6, 6.07) is 0. The zero-order valence-corrected chi connectivity index (χ0v) is 17.4. The number of aliphatic hydroxyl groups is 2. The number of aliphatic hydroxyl groups excluding tert-OH is 2. The minimum absolute atomic E-state index is 0.0244. The summed E-state index contributed by atoms with van der Waals surface area (Å²) in [5.74, 6) is 5.04. The summed E-state index contributed by atoms with van der Waals surface area (Å²) in [5, 5.41) is 30.2. The largest absolute Gasteiger partial charge is 0.481 e. The molecule has 8 atom stereocenters. The molecule has 1 saturated heterocycles. The van der Waals surface area contributed by atoms with Gasteiger partial charge < -0.3 is 20.1 Å².